The average molecular weight is 442 g/mol. The van der Waals surface area contributed by atoms with Gasteiger partial charge >= 0.3 is 0 Å². The molecule has 1 aromatic heterocycles. The molecule has 144 valence electrons. The molecular weight excluding hydrogens is 422 g/mol. The average Bonchev–Trinajstić information content (AvgIpc) is 3.25. The molecule has 1 atom stereocenters. The van der Waals surface area contributed by atoms with E-state index in [2.05, 4.69) is 26.1 Å². The van der Waals surface area contributed by atoms with E-state index in [1.54, 1.807) is 14.2 Å². The minimum atomic E-state index is -0.231. The van der Waals surface area contributed by atoms with E-state index in [-0.39, 0.29) is 11.9 Å². The second-order valence-electron chi connectivity index (χ2n) is 6.54. The molecule has 2 aromatic carbocycles. The Morgan fingerprint density at radius 3 is 2.64 bits per heavy atom. The van der Waals surface area contributed by atoms with Gasteiger partial charge in [-0.05, 0) is 42.0 Å². The highest BCUT2D eigenvalue weighted by atomic mass is 79.9. The summed E-state index contributed by atoms with van der Waals surface area (Å²) in [7, 11) is 3.27. The second-order valence-corrected chi connectivity index (χ2v) is 7.45. The van der Waals surface area contributed by atoms with Gasteiger partial charge in [0.15, 0.2) is 0 Å². The molecule has 7 heteroatoms. The molecule has 4 rings (SSSR count). The van der Waals surface area contributed by atoms with E-state index in [4.69, 9.17) is 9.47 Å². The summed E-state index contributed by atoms with van der Waals surface area (Å²) in [5, 5.41) is 7.43. The molecule has 1 amide bonds. The number of halogens is 1. The number of fused-ring (bicyclic) bond motifs is 1. The van der Waals surface area contributed by atoms with E-state index in [0.717, 1.165) is 32.6 Å². The summed E-state index contributed by atoms with van der Waals surface area (Å²) in [5.74, 6) is 0.710. The number of nitrogens with one attached hydrogen (secondary N) is 1. The molecule has 0 fully saturated rings. The van der Waals surface area contributed by atoms with Gasteiger partial charge in [-0.25, -0.2) is 0 Å². The summed E-state index contributed by atoms with van der Waals surface area (Å²) in [6, 6.07) is 15.5. The number of H-pyrrole nitrogens is 1. The first kappa shape index (κ1) is 18.7. The molecule has 1 aliphatic rings. The lowest BCUT2D eigenvalue weighted by Crippen LogP contribution is -2.32. The van der Waals surface area contributed by atoms with Crippen molar-refractivity contribution in [2.45, 2.75) is 6.04 Å². The molecule has 0 spiro atoms. The van der Waals surface area contributed by atoms with Crippen molar-refractivity contribution in [1.82, 2.24) is 15.1 Å². The zero-order valence-corrected chi connectivity index (χ0v) is 17.2. The number of hydrogen-bond acceptors (Lipinski definition) is 4. The molecule has 2 heterocycles. The van der Waals surface area contributed by atoms with Crippen LogP contribution in [0, 0.1) is 0 Å². The van der Waals surface area contributed by atoms with E-state index >= 15 is 0 Å². The number of nitrogens with zero attached hydrogens (tertiary/aromatic N) is 2. The predicted molar refractivity (Wildman–Crippen MR) is 109 cm³/mol. The zero-order chi connectivity index (χ0) is 19.7. The lowest BCUT2D eigenvalue weighted by Gasteiger charge is -2.26. The maximum Gasteiger partial charge on any atom is 0.273 e. The molecule has 3 aromatic rings. The van der Waals surface area contributed by atoms with Gasteiger partial charge in [0, 0.05) is 29.3 Å². The van der Waals surface area contributed by atoms with Crippen LogP contribution in [0.25, 0.3) is 11.3 Å². The topological polar surface area (TPSA) is 67.5 Å². The normalized spacial score (nSPS) is 15.8. The van der Waals surface area contributed by atoms with Crippen LogP contribution in [0.5, 0.6) is 5.75 Å². The molecule has 0 saturated carbocycles. The third-order valence-electron chi connectivity index (χ3n) is 4.93. The highest BCUT2D eigenvalue weighted by Gasteiger charge is 2.41. The van der Waals surface area contributed by atoms with Crippen LogP contribution in [0.1, 0.15) is 27.7 Å². The number of amides is 1. The third kappa shape index (κ3) is 3.21. The first-order valence-corrected chi connectivity index (χ1v) is 9.71. The molecule has 1 N–H and O–H groups in total. The fourth-order valence-electron chi connectivity index (χ4n) is 3.61. The molecule has 6 nitrogen and oxygen atoms in total. The number of benzene rings is 2. The van der Waals surface area contributed by atoms with Crippen LogP contribution < -0.4 is 4.74 Å². The van der Waals surface area contributed by atoms with Crippen molar-refractivity contribution in [2.24, 2.45) is 0 Å². The van der Waals surface area contributed by atoms with Crippen molar-refractivity contribution in [3.05, 3.63) is 69.8 Å². The SMILES string of the molecule is COCCN1C(=O)c2[nH]nc(-c3ccc(OC)cc3)c2C1c1cccc(Br)c1. The van der Waals surface area contributed by atoms with Crippen molar-refractivity contribution < 1.29 is 14.3 Å². The Morgan fingerprint density at radius 1 is 1.18 bits per heavy atom. The Balaban J connectivity index is 1.84. The minimum Gasteiger partial charge on any atom is -0.497 e. The van der Waals surface area contributed by atoms with Gasteiger partial charge in [0.25, 0.3) is 5.91 Å². The molecule has 0 aliphatic carbocycles. The van der Waals surface area contributed by atoms with E-state index in [1.165, 1.54) is 0 Å². The van der Waals surface area contributed by atoms with Gasteiger partial charge in [0.05, 0.1) is 25.5 Å². The fourth-order valence-corrected chi connectivity index (χ4v) is 4.03. The highest BCUT2D eigenvalue weighted by molar-refractivity contribution is 9.10. The van der Waals surface area contributed by atoms with E-state index in [9.17, 15) is 4.79 Å². The number of ether oxygens (including phenoxy) is 2. The zero-order valence-electron chi connectivity index (χ0n) is 15.6. The number of carbonyl (C=O) groups excluding carboxylic acids is 1. The number of aromatic nitrogens is 2. The summed E-state index contributed by atoms with van der Waals surface area (Å²) in [5.41, 5.74) is 4.15. The van der Waals surface area contributed by atoms with Crippen molar-refractivity contribution in [1.29, 1.82) is 0 Å². The van der Waals surface area contributed by atoms with Crippen LogP contribution in [0.4, 0.5) is 0 Å². The summed E-state index contributed by atoms with van der Waals surface area (Å²) in [6.45, 7) is 0.961. The summed E-state index contributed by atoms with van der Waals surface area (Å²) >= 11 is 3.54. The van der Waals surface area contributed by atoms with Crippen molar-refractivity contribution in [3.63, 3.8) is 0 Å². The fraction of sp³-hybridized carbons (Fsp3) is 0.238. The Labute approximate surface area is 171 Å². The highest BCUT2D eigenvalue weighted by Crippen LogP contribution is 2.43. The minimum absolute atomic E-state index is 0.0655. The lowest BCUT2D eigenvalue weighted by molar-refractivity contribution is 0.0677. The van der Waals surface area contributed by atoms with Crippen LogP contribution in [0.15, 0.2) is 53.0 Å². The van der Waals surface area contributed by atoms with Gasteiger partial charge in [-0.15, -0.1) is 0 Å². The summed E-state index contributed by atoms with van der Waals surface area (Å²) in [4.78, 5) is 14.9. The monoisotopic (exact) mass is 441 g/mol. The Morgan fingerprint density at radius 2 is 1.96 bits per heavy atom. The van der Waals surface area contributed by atoms with Gasteiger partial charge in [0.2, 0.25) is 0 Å². The quantitative estimate of drug-likeness (QED) is 0.626. The maximum absolute atomic E-state index is 13.1. The molecule has 1 aliphatic heterocycles. The summed E-state index contributed by atoms with van der Waals surface area (Å²) < 4.78 is 11.4. The number of hydrogen-bond donors (Lipinski definition) is 1. The number of rotatable bonds is 6. The maximum atomic E-state index is 13.1. The lowest BCUT2D eigenvalue weighted by atomic mass is 9.96. The predicted octanol–water partition coefficient (Wildman–Crippen LogP) is 4.04. The van der Waals surface area contributed by atoms with Gasteiger partial charge in [-0.3, -0.25) is 9.89 Å². The van der Waals surface area contributed by atoms with Crippen molar-refractivity contribution in [3.8, 4) is 17.0 Å². The molecule has 0 radical (unpaired) electrons. The van der Waals surface area contributed by atoms with Gasteiger partial charge in [0.1, 0.15) is 11.4 Å². The standard InChI is InChI=1S/C21H20BrN3O3/c1-27-11-10-25-20(14-4-3-5-15(22)12-14)17-18(23-24-19(17)21(25)26)13-6-8-16(28-2)9-7-13/h3-9,12,20H,10-11H2,1-2H3,(H,23,24). The molecule has 0 bridgehead atoms. The number of carbonyl (C=O) groups is 1. The summed E-state index contributed by atoms with van der Waals surface area (Å²) in [6.07, 6.45) is 0. The van der Waals surface area contributed by atoms with Crippen LogP contribution >= 0.6 is 15.9 Å². The van der Waals surface area contributed by atoms with Crippen LogP contribution in [0.2, 0.25) is 0 Å². The first-order valence-electron chi connectivity index (χ1n) is 8.92. The second kappa shape index (κ2) is 7.77. The molecule has 0 saturated heterocycles. The molecule has 1 unspecified atom stereocenters. The third-order valence-corrected chi connectivity index (χ3v) is 5.42. The molecule has 28 heavy (non-hydrogen) atoms. The van der Waals surface area contributed by atoms with Crippen molar-refractivity contribution in [2.75, 3.05) is 27.4 Å². The Bertz CT molecular complexity index is 1000. The van der Waals surface area contributed by atoms with E-state index < -0.39 is 0 Å². The molecular formula is C21H20BrN3O3. The van der Waals surface area contributed by atoms with Gasteiger partial charge < -0.3 is 14.4 Å². The van der Waals surface area contributed by atoms with Crippen LogP contribution in [-0.2, 0) is 4.74 Å². The smallest absolute Gasteiger partial charge is 0.273 e. The Hall–Kier alpha value is -2.64. The van der Waals surface area contributed by atoms with Crippen LogP contribution in [-0.4, -0.2) is 48.4 Å². The number of methoxy groups -OCH3 is 2. The van der Waals surface area contributed by atoms with E-state index in [1.807, 2.05) is 53.4 Å². The van der Waals surface area contributed by atoms with Gasteiger partial charge in [-0.1, -0.05) is 28.1 Å². The van der Waals surface area contributed by atoms with Crippen molar-refractivity contribution >= 4 is 21.8 Å². The first-order chi connectivity index (χ1) is 13.6. The Kier molecular flexibility index (Phi) is 5.19. The number of aromatic amines is 1. The largest absolute Gasteiger partial charge is 0.497 e. The van der Waals surface area contributed by atoms with Crippen LogP contribution in [0.3, 0.4) is 0 Å². The van der Waals surface area contributed by atoms with E-state index in [0.29, 0.717) is 18.8 Å². The van der Waals surface area contributed by atoms with Gasteiger partial charge in [-0.2, -0.15) is 5.10 Å².